The first-order valence-corrected chi connectivity index (χ1v) is 10.3. The smallest absolute Gasteiger partial charge is 0.333 e. The number of thioether (sulfide) groups is 1. The predicted molar refractivity (Wildman–Crippen MR) is 106 cm³/mol. The van der Waals surface area contributed by atoms with E-state index in [2.05, 4.69) is 10.1 Å². The Labute approximate surface area is 181 Å². The minimum atomic E-state index is -1.02. The molecule has 12 heteroatoms. The first-order valence-electron chi connectivity index (χ1n) is 9.42. The number of nitrogens with one attached hydrogen (secondary N) is 1. The molecule has 0 bridgehead atoms. The molecule has 3 aliphatic heterocycles. The fourth-order valence-electron chi connectivity index (χ4n) is 3.83. The van der Waals surface area contributed by atoms with Crippen LogP contribution in [0.5, 0.6) is 11.5 Å². The Morgan fingerprint density at radius 2 is 2.13 bits per heavy atom. The summed E-state index contributed by atoms with van der Waals surface area (Å²) in [5.41, 5.74) is 6.60. The summed E-state index contributed by atoms with van der Waals surface area (Å²) in [4.78, 5) is 49.5. The van der Waals surface area contributed by atoms with E-state index in [-0.39, 0.29) is 13.3 Å². The van der Waals surface area contributed by atoms with Crippen LogP contribution in [0.2, 0.25) is 0 Å². The van der Waals surface area contributed by atoms with Crippen LogP contribution in [0, 0.1) is 0 Å². The number of nitrogens with two attached hydrogens (primary N) is 1. The molecule has 0 radical (unpaired) electrons. The Balaban J connectivity index is 1.42. The minimum Gasteiger partial charge on any atom is -0.454 e. The van der Waals surface area contributed by atoms with Crippen LogP contribution in [0.4, 0.5) is 0 Å². The zero-order chi connectivity index (χ0) is 22.3. The standard InChI is InChI=1S/C19H21N3O8S/c1-19(2)14(18(26)30-7-27-6-23)22-16(25)13(17(22)31-19)21-15(24)12(20)9-3-4-10-11(5-9)29-8-28-10/h3-6,12-14,17H,7-8,20H2,1-2H3,(H,21,24)/t12?,13-,14+,17-/m1/s1. The van der Waals surface area contributed by atoms with Gasteiger partial charge >= 0.3 is 5.97 Å². The van der Waals surface area contributed by atoms with Gasteiger partial charge in [-0.25, -0.2) is 4.79 Å². The molecule has 31 heavy (non-hydrogen) atoms. The van der Waals surface area contributed by atoms with Crippen molar-refractivity contribution in [2.45, 2.75) is 42.1 Å². The van der Waals surface area contributed by atoms with Gasteiger partial charge in [0.05, 0.1) is 0 Å². The molecule has 0 aromatic heterocycles. The molecule has 2 saturated heterocycles. The van der Waals surface area contributed by atoms with Crippen LogP contribution in [-0.2, 0) is 28.7 Å². The average molecular weight is 451 g/mol. The number of β-lactam (4-membered cyclic amide) rings is 1. The summed E-state index contributed by atoms with van der Waals surface area (Å²) in [6, 6.07) is 2.25. The molecule has 166 valence electrons. The van der Waals surface area contributed by atoms with Crippen molar-refractivity contribution in [3.8, 4) is 11.5 Å². The number of esters is 1. The zero-order valence-corrected chi connectivity index (χ0v) is 17.5. The molecular weight excluding hydrogens is 430 g/mol. The van der Waals surface area contributed by atoms with Gasteiger partial charge < -0.3 is 34.9 Å². The molecule has 0 saturated carbocycles. The number of fused-ring (bicyclic) bond motifs is 2. The molecule has 0 spiro atoms. The maximum Gasteiger partial charge on any atom is 0.333 e. The first-order chi connectivity index (χ1) is 14.7. The van der Waals surface area contributed by atoms with Gasteiger partial charge in [0.25, 0.3) is 6.47 Å². The second-order valence-electron chi connectivity index (χ2n) is 7.68. The average Bonchev–Trinajstić information content (AvgIpc) is 3.30. The van der Waals surface area contributed by atoms with Gasteiger partial charge in [-0.1, -0.05) is 6.07 Å². The molecule has 11 nitrogen and oxygen atoms in total. The Morgan fingerprint density at radius 1 is 1.39 bits per heavy atom. The SMILES string of the molecule is CC1(C)S[C@@H]2[C@H](NC(=O)C(N)c3ccc4c(c3)OCO4)C(=O)N2[C@H]1C(=O)OCOC=O. The second kappa shape index (κ2) is 7.93. The fourth-order valence-corrected chi connectivity index (χ4v) is 5.45. The summed E-state index contributed by atoms with van der Waals surface area (Å²) in [6.45, 7) is 3.33. The first kappa shape index (κ1) is 21.2. The van der Waals surface area contributed by atoms with Crippen molar-refractivity contribution in [1.29, 1.82) is 0 Å². The highest BCUT2D eigenvalue weighted by Crippen LogP contribution is 2.51. The van der Waals surface area contributed by atoms with E-state index in [9.17, 15) is 19.2 Å². The van der Waals surface area contributed by atoms with Crippen molar-refractivity contribution in [2.75, 3.05) is 13.6 Å². The fraction of sp³-hybridized carbons (Fsp3) is 0.474. The Bertz CT molecular complexity index is 939. The topological polar surface area (TPSA) is 146 Å². The number of benzene rings is 1. The number of hydrogen-bond acceptors (Lipinski definition) is 10. The quantitative estimate of drug-likeness (QED) is 0.185. The van der Waals surface area contributed by atoms with Crippen molar-refractivity contribution >= 4 is 36.0 Å². The molecule has 1 unspecified atom stereocenters. The lowest BCUT2D eigenvalue weighted by Gasteiger charge is -2.44. The summed E-state index contributed by atoms with van der Waals surface area (Å²) >= 11 is 1.37. The Hall–Kier alpha value is -2.99. The van der Waals surface area contributed by atoms with Gasteiger partial charge in [0.1, 0.15) is 23.5 Å². The molecule has 3 aliphatic rings. The third-order valence-corrected chi connectivity index (χ3v) is 6.91. The largest absolute Gasteiger partial charge is 0.454 e. The lowest BCUT2D eigenvalue weighted by atomic mass is 9.95. The van der Waals surface area contributed by atoms with Crippen molar-refractivity contribution in [2.24, 2.45) is 5.73 Å². The van der Waals surface area contributed by atoms with Crippen molar-refractivity contribution < 1.29 is 38.1 Å². The van der Waals surface area contributed by atoms with Crippen molar-refractivity contribution in [1.82, 2.24) is 10.2 Å². The lowest BCUT2D eigenvalue weighted by Crippen LogP contribution is -2.71. The van der Waals surface area contributed by atoms with Gasteiger partial charge in [-0.05, 0) is 31.5 Å². The third kappa shape index (κ3) is 3.65. The summed E-state index contributed by atoms with van der Waals surface area (Å²) in [7, 11) is 0. The van der Waals surface area contributed by atoms with Crippen LogP contribution < -0.4 is 20.5 Å². The minimum absolute atomic E-state index is 0.103. The van der Waals surface area contributed by atoms with Crippen LogP contribution in [0.15, 0.2) is 18.2 Å². The van der Waals surface area contributed by atoms with E-state index in [1.165, 1.54) is 16.7 Å². The molecular formula is C19H21N3O8S. The van der Waals surface area contributed by atoms with Crippen LogP contribution in [0.3, 0.4) is 0 Å². The van der Waals surface area contributed by atoms with Gasteiger partial charge in [-0.15, -0.1) is 11.8 Å². The summed E-state index contributed by atoms with van der Waals surface area (Å²) in [5.74, 6) is -0.549. The van der Waals surface area contributed by atoms with Crippen LogP contribution >= 0.6 is 11.8 Å². The number of carbonyl (C=O) groups excluding carboxylic acids is 4. The molecule has 3 heterocycles. The highest BCUT2D eigenvalue weighted by atomic mass is 32.2. The number of amides is 2. The summed E-state index contributed by atoms with van der Waals surface area (Å²) < 4.78 is 19.2. The number of ether oxygens (including phenoxy) is 4. The van der Waals surface area contributed by atoms with Crippen molar-refractivity contribution in [3.63, 3.8) is 0 Å². The van der Waals surface area contributed by atoms with E-state index < -0.39 is 52.8 Å². The molecule has 3 N–H and O–H groups in total. The van der Waals surface area contributed by atoms with E-state index in [0.717, 1.165) is 0 Å². The highest BCUT2D eigenvalue weighted by molar-refractivity contribution is 8.01. The second-order valence-corrected chi connectivity index (χ2v) is 9.45. The molecule has 4 atom stereocenters. The van der Waals surface area contributed by atoms with E-state index >= 15 is 0 Å². The van der Waals surface area contributed by atoms with Gasteiger partial charge in [0.2, 0.25) is 25.4 Å². The van der Waals surface area contributed by atoms with Gasteiger partial charge in [-0.3, -0.25) is 14.4 Å². The monoisotopic (exact) mass is 451 g/mol. The van der Waals surface area contributed by atoms with Crippen LogP contribution in [0.25, 0.3) is 0 Å². The van der Waals surface area contributed by atoms with E-state index in [1.54, 1.807) is 32.0 Å². The lowest BCUT2D eigenvalue weighted by molar-refractivity contribution is -0.173. The molecule has 1 aromatic carbocycles. The van der Waals surface area contributed by atoms with Crippen molar-refractivity contribution in [3.05, 3.63) is 23.8 Å². The normalized spacial score (nSPS) is 25.8. The number of carbonyl (C=O) groups is 4. The van der Waals surface area contributed by atoms with E-state index in [4.69, 9.17) is 19.9 Å². The van der Waals surface area contributed by atoms with E-state index in [1.807, 2.05) is 0 Å². The van der Waals surface area contributed by atoms with Gasteiger partial charge in [0.15, 0.2) is 11.5 Å². The molecule has 2 amide bonds. The zero-order valence-electron chi connectivity index (χ0n) is 16.7. The van der Waals surface area contributed by atoms with Gasteiger partial charge in [0, 0.05) is 4.75 Å². The van der Waals surface area contributed by atoms with Crippen LogP contribution in [-0.4, -0.2) is 64.9 Å². The molecule has 2 fully saturated rings. The maximum atomic E-state index is 12.7. The van der Waals surface area contributed by atoms with Gasteiger partial charge in [-0.2, -0.15) is 0 Å². The molecule has 0 aliphatic carbocycles. The molecule has 4 rings (SSSR count). The maximum absolute atomic E-state index is 12.7. The number of hydrogen-bond donors (Lipinski definition) is 2. The third-order valence-electron chi connectivity index (χ3n) is 5.34. The van der Waals surface area contributed by atoms with E-state index in [0.29, 0.717) is 17.1 Å². The number of nitrogens with zero attached hydrogens (tertiary/aromatic N) is 1. The molecule has 1 aromatic rings. The Morgan fingerprint density at radius 3 is 2.87 bits per heavy atom. The highest BCUT2D eigenvalue weighted by Gasteiger charge is 2.64. The van der Waals surface area contributed by atoms with Crippen LogP contribution in [0.1, 0.15) is 25.5 Å². The number of rotatable bonds is 7. The predicted octanol–water partition coefficient (Wildman–Crippen LogP) is -0.364. The summed E-state index contributed by atoms with van der Waals surface area (Å²) in [6.07, 6.45) is 0. The summed E-state index contributed by atoms with van der Waals surface area (Å²) in [5, 5.41) is 2.24. The Kier molecular flexibility index (Phi) is 5.43.